The second-order valence-electron chi connectivity index (χ2n) is 6.03. The molecule has 2 nitrogen and oxygen atoms in total. The monoisotopic (exact) mass is 316 g/mol. The highest BCUT2D eigenvalue weighted by Crippen LogP contribution is 2.34. The normalized spacial score (nSPS) is 18.2. The van der Waals surface area contributed by atoms with Crippen LogP contribution in [0.2, 0.25) is 5.02 Å². The first-order valence-corrected chi connectivity index (χ1v) is 7.96. The summed E-state index contributed by atoms with van der Waals surface area (Å²) in [6, 6.07) is 2.31. The predicted molar refractivity (Wildman–Crippen MR) is 82.6 cm³/mol. The predicted octanol–water partition coefficient (Wildman–Crippen LogP) is 4.00. The van der Waals surface area contributed by atoms with E-state index in [0.717, 1.165) is 39.0 Å². The Labute approximate surface area is 130 Å². The Balaban J connectivity index is 2.31. The van der Waals surface area contributed by atoms with Gasteiger partial charge in [0.25, 0.3) is 0 Å². The maximum atomic E-state index is 14.4. The maximum Gasteiger partial charge on any atom is 0.149 e. The van der Waals surface area contributed by atoms with E-state index >= 15 is 0 Å². The Hall–Kier alpha value is -0.710. The summed E-state index contributed by atoms with van der Waals surface area (Å²) in [5.41, 5.74) is 0.130. The van der Waals surface area contributed by atoms with Crippen molar-refractivity contribution in [3.63, 3.8) is 0 Å². The van der Waals surface area contributed by atoms with Crippen molar-refractivity contribution < 1.29 is 8.78 Å². The molecular weight excluding hydrogens is 294 g/mol. The largest absolute Gasteiger partial charge is 0.314 e. The minimum Gasteiger partial charge on any atom is -0.314 e. The van der Waals surface area contributed by atoms with Crippen LogP contribution in [0.15, 0.2) is 12.1 Å². The van der Waals surface area contributed by atoms with Crippen LogP contribution >= 0.6 is 11.6 Å². The molecule has 0 bridgehead atoms. The average molecular weight is 317 g/mol. The fourth-order valence-corrected chi connectivity index (χ4v) is 3.01. The molecule has 118 valence electrons. The Morgan fingerprint density at radius 3 is 2.48 bits per heavy atom. The first-order valence-electron chi connectivity index (χ1n) is 7.59. The van der Waals surface area contributed by atoms with Gasteiger partial charge >= 0.3 is 0 Å². The highest BCUT2D eigenvalue weighted by atomic mass is 35.5. The summed E-state index contributed by atoms with van der Waals surface area (Å²) in [4.78, 5) is 2.16. The summed E-state index contributed by atoms with van der Waals surface area (Å²) in [6.07, 6.45) is 1.67. The zero-order valence-electron chi connectivity index (χ0n) is 12.6. The quantitative estimate of drug-likeness (QED) is 0.826. The van der Waals surface area contributed by atoms with Crippen LogP contribution in [0.1, 0.15) is 38.3 Å². The molecule has 0 aromatic heterocycles. The number of nitrogens with zero attached hydrogens (tertiary/aromatic N) is 1. The van der Waals surface area contributed by atoms with Crippen molar-refractivity contribution in [2.24, 2.45) is 5.92 Å². The molecule has 2 rings (SSSR count). The van der Waals surface area contributed by atoms with E-state index in [1.165, 1.54) is 12.1 Å². The fourth-order valence-electron chi connectivity index (χ4n) is 2.84. The van der Waals surface area contributed by atoms with Crippen molar-refractivity contribution in [3.8, 4) is 0 Å². The lowest BCUT2D eigenvalue weighted by molar-refractivity contribution is 0.153. The lowest BCUT2D eigenvalue weighted by Gasteiger charge is -2.36. The minimum atomic E-state index is -0.607. The van der Waals surface area contributed by atoms with Gasteiger partial charge in [0.05, 0.1) is 5.02 Å². The van der Waals surface area contributed by atoms with Crippen LogP contribution < -0.4 is 5.32 Å². The van der Waals surface area contributed by atoms with Crippen LogP contribution in [0.4, 0.5) is 8.78 Å². The van der Waals surface area contributed by atoms with Gasteiger partial charge in [0.2, 0.25) is 0 Å². The zero-order valence-corrected chi connectivity index (χ0v) is 13.4. The Morgan fingerprint density at radius 2 is 1.86 bits per heavy atom. The number of rotatable bonds is 5. The summed E-state index contributed by atoms with van der Waals surface area (Å²) >= 11 is 5.86. The van der Waals surface area contributed by atoms with Crippen LogP contribution in [-0.2, 0) is 0 Å². The standard InChI is InChI=1S/C16H23ClF2N2/c1-11(2)3-6-14(21-9-7-20-8-10-21)15-13(18)5-4-12(17)16(15)19/h4-5,11,14,20H,3,6-10H2,1-2H3/t14-/m1/s1. The van der Waals surface area contributed by atoms with Crippen molar-refractivity contribution in [1.82, 2.24) is 10.2 Å². The highest BCUT2D eigenvalue weighted by molar-refractivity contribution is 6.30. The summed E-state index contributed by atoms with van der Waals surface area (Å²) in [5, 5.41) is 3.27. The number of benzene rings is 1. The van der Waals surface area contributed by atoms with Gasteiger partial charge in [-0.1, -0.05) is 25.4 Å². The van der Waals surface area contributed by atoms with Gasteiger partial charge in [-0.15, -0.1) is 0 Å². The highest BCUT2D eigenvalue weighted by Gasteiger charge is 2.28. The summed E-state index contributed by atoms with van der Waals surface area (Å²) in [5.74, 6) is -0.603. The van der Waals surface area contributed by atoms with E-state index in [1.54, 1.807) is 0 Å². The van der Waals surface area contributed by atoms with Crippen LogP contribution in [0, 0.1) is 17.6 Å². The van der Waals surface area contributed by atoms with E-state index in [9.17, 15) is 8.78 Å². The van der Waals surface area contributed by atoms with Gasteiger partial charge < -0.3 is 5.32 Å². The van der Waals surface area contributed by atoms with Crippen molar-refractivity contribution in [2.45, 2.75) is 32.7 Å². The third-order valence-electron chi connectivity index (χ3n) is 4.02. The molecule has 0 amide bonds. The van der Waals surface area contributed by atoms with Crippen LogP contribution in [0.25, 0.3) is 0 Å². The summed E-state index contributed by atoms with van der Waals surface area (Å²) in [7, 11) is 0. The molecular formula is C16H23ClF2N2. The van der Waals surface area contributed by atoms with Crippen LogP contribution in [0.3, 0.4) is 0 Å². The van der Waals surface area contributed by atoms with Gasteiger partial charge in [-0.2, -0.15) is 0 Å². The number of hydrogen-bond acceptors (Lipinski definition) is 2. The van der Waals surface area contributed by atoms with E-state index in [0.29, 0.717) is 5.92 Å². The maximum absolute atomic E-state index is 14.4. The smallest absolute Gasteiger partial charge is 0.149 e. The van der Waals surface area contributed by atoms with Gasteiger partial charge in [-0.05, 0) is 30.9 Å². The molecule has 1 heterocycles. The van der Waals surface area contributed by atoms with Crippen molar-refractivity contribution in [2.75, 3.05) is 26.2 Å². The van der Waals surface area contributed by atoms with E-state index < -0.39 is 11.6 Å². The van der Waals surface area contributed by atoms with Gasteiger partial charge in [0.1, 0.15) is 11.6 Å². The Kier molecular flexibility index (Phi) is 5.97. The molecule has 1 atom stereocenters. The number of halogens is 3. The molecule has 0 saturated carbocycles. The lowest BCUT2D eigenvalue weighted by atomic mass is 9.95. The molecule has 1 saturated heterocycles. The van der Waals surface area contributed by atoms with Gasteiger partial charge in [-0.3, -0.25) is 4.90 Å². The molecule has 1 aliphatic rings. The second-order valence-corrected chi connectivity index (χ2v) is 6.44. The van der Waals surface area contributed by atoms with E-state index in [2.05, 4.69) is 24.1 Å². The van der Waals surface area contributed by atoms with Gasteiger partial charge in [0, 0.05) is 37.8 Å². The molecule has 1 aliphatic heterocycles. The molecule has 0 radical (unpaired) electrons. The fraction of sp³-hybridized carbons (Fsp3) is 0.625. The molecule has 0 unspecified atom stereocenters. The number of nitrogens with one attached hydrogen (secondary N) is 1. The van der Waals surface area contributed by atoms with Crippen LogP contribution in [-0.4, -0.2) is 31.1 Å². The van der Waals surface area contributed by atoms with Crippen molar-refractivity contribution >= 4 is 11.6 Å². The average Bonchev–Trinajstić information content (AvgIpc) is 2.47. The molecule has 21 heavy (non-hydrogen) atoms. The minimum absolute atomic E-state index is 0.00363. The van der Waals surface area contributed by atoms with E-state index in [-0.39, 0.29) is 16.6 Å². The lowest BCUT2D eigenvalue weighted by Crippen LogP contribution is -2.45. The van der Waals surface area contributed by atoms with Crippen molar-refractivity contribution in [3.05, 3.63) is 34.4 Å². The molecule has 1 aromatic rings. The Morgan fingerprint density at radius 1 is 1.19 bits per heavy atom. The van der Waals surface area contributed by atoms with E-state index in [1.807, 2.05) is 0 Å². The molecule has 0 aliphatic carbocycles. The number of piperazine rings is 1. The zero-order chi connectivity index (χ0) is 15.4. The summed E-state index contributed by atoms with van der Waals surface area (Å²) < 4.78 is 28.6. The SMILES string of the molecule is CC(C)CC[C@H](c1c(F)ccc(Cl)c1F)N1CCNCC1. The molecule has 5 heteroatoms. The molecule has 0 spiro atoms. The van der Waals surface area contributed by atoms with Crippen LogP contribution in [0.5, 0.6) is 0 Å². The molecule has 1 fully saturated rings. The summed E-state index contributed by atoms with van der Waals surface area (Å²) in [6.45, 7) is 7.55. The van der Waals surface area contributed by atoms with Crippen molar-refractivity contribution in [1.29, 1.82) is 0 Å². The Bertz CT molecular complexity index is 474. The molecule has 1 aromatic carbocycles. The first-order chi connectivity index (χ1) is 10.0. The first kappa shape index (κ1) is 16.7. The number of hydrogen-bond donors (Lipinski definition) is 1. The topological polar surface area (TPSA) is 15.3 Å². The molecule has 1 N–H and O–H groups in total. The third kappa shape index (κ3) is 4.15. The second kappa shape index (κ2) is 7.52. The van der Waals surface area contributed by atoms with Gasteiger partial charge in [-0.25, -0.2) is 8.78 Å². The van der Waals surface area contributed by atoms with E-state index in [4.69, 9.17) is 11.6 Å². The third-order valence-corrected chi connectivity index (χ3v) is 4.31. The van der Waals surface area contributed by atoms with Gasteiger partial charge in [0.15, 0.2) is 0 Å².